The molecule has 5 heteroatoms. The normalized spacial score (nSPS) is 9.55. The van der Waals surface area contributed by atoms with E-state index in [1.807, 2.05) is 0 Å². The van der Waals surface area contributed by atoms with Crippen molar-refractivity contribution in [2.45, 2.75) is 6.92 Å². The molecule has 0 rings (SSSR count). The molecule has 11 heavy (non-hydrogen) atoms. The minimum absolute atomic E-state index is 0.293. The van der Waals surface area contributed by atoms with Gasteiger partial charge in [-0.25, -0.2) is 4.79 Å². The van der Waals surface area contributed by atoms with Crippen LogP contribution in [0.3, 0.4) is 0 Å². The molecular formula is C6H8N2O3. The summed E-state index contributed by atoms with van der Waals surface area (Å²) in [7, 11) is 0. The molecule has 0 aromatic carbocycles. The van der Waals surface area contributed by atoms with Crippen LogP contribution >= 0.6 is 0 Å². The van der Waals surface area contributed by atoms with Gasteiger partial charge in [0.15, 0.2) is 0 Å². The van der Waals surface area contributed by atoms with Crippen molar-refractivity contribution in [3.63, 3.8) is 0 Å². The quantitative estimate of drug-likeness (QED) is 0.344. The van der Waals surface area contributed by atoms with Crippen LogP contribution in [0, 0.1) is 0 Å². The second kappa shape index (κ2) is 4.21. The van der Waals surface area contributed by atoms with Gasteiger partial charge in [0.2, 0.25) is 0 Å². The second-order valence-corrected chi connectivity index (χ2v) is 1.79. The van der Waals surface area contributed by atoms with E-state index in [-0.39, 0.29) is 0 Å². The third kappa shape index (κ3) is 4.83. The number of amides is 2. The summed E-state index contributed by atoms with van der Waals surface area (Å²) < 4.78 is 0. The molecule has 0 aliphatic rings. The third-order valence-corrected chi connectivity index (χ3v) is 0.758. The van der Waals surface area contributed by atoms with E-state index >= 15 is 0 Å². The minimum Gasteiger partial charge on any atom is -0.463 e. The van der Waals surface area contributed by atoms with Crippen molar-refractivity contribution in [1.82, 2.24) is 5.32 Å². The number of hydrogen-bond donors (Lipinski definition) is 2. The number of aliphatic imine (C=N–C) groups is 1. The molecule has 0 aliphatic heterocycles. The molecule has 0 fully saturated rings. The van der Waals surface area contributed by atoms with Crippen LogP contribution in [0.2, 0.25) is 0 Å². The van der Waals surface area contributed by atoms with Crippen LogP contribution in [0.25, 0.3) is 0 Å². The Hall–Kier alpha value is -1.65. The lowest BCUT2D eigenvalue weighted by Gasteiger charge is -1.94. The number of rotatable bonds is 2. The van der Waals surface area contributed by atoms with Crippen molar-refractivity contribution in [1.29, 1.82) is 0 Å². The van der Waals surface area contributed by atoms with E-state index < -0.39 is 12.0 Å². The summed E-state index contributed by atoms with van der Waals surface area (Å²) in [5.74, 6) is -0.449. The van der Waals surface area contributed by atoms with Crippen LogP contribution in [-0.2, 0) is 4.79 Å². The maximum Gasteiger partial charge on any atom is 0.432 e. The Kier molecular flexibility index (Phi) is 3.58. The minimum atomic E-state index is -1.35. The van der Waals surface area contributed by atoms with Crippen LogP contribution in [-0.4, -0.2) is 23.4 Å². The van der Waals surface area contributed by atoms with Crippen LogP contribution in [0.15, 0.2) is 17.1 Å². The molecule has 0 saturated carbocycles. The fraction of sp³-hybridized carbons (Fsp3) is 0.167. The Labute approximate surface area is 63.4 Å². The van der Waals surface area contributed by atoms with Gasteiger partial charge in [-0.15, -0.1) is 0 Å². The SMILES string of the molecule is C=C(C)C(=O)NC=NC(=O)O. The van der Waals surface area contributed by atoms with Crippen LogP contribution in [0.4, 0.5) is 4.79 Å². The van der Waals surface area contributed by atoms with Crippen LogP contribution in [0.1, 0.15) is 6.92 Å². The molecule has 0 unspecified atom stereocenters. The highest BCUT2D eigenvalue weighted by atomic mass is 16.4. The summed E-state index contributed by atoms with van der Waals surface area (Å²) in [6.07, 6.45) is -0.550. The molecule has 5 nitrogen and oxygen atoms in total. The van der Waals surface area contributed by atoms with E-state index in [1.165, 1.54) is 6.92 Å². The molecule has 0 heterocycles. The standard InChI is InChI=1S/C6H8N2O3/c1-4(2)5(9)7-3-8-6(10)11/h3H,1H2,2H3,(H,10,11)(H,7,8,9). The molecule has 0 aromatic heterocycles. The largest absolute Gasteiger partial charge is 0.463 e. The van der Waals surface area contributed by atoms with Gasteiger partial charge >= 0.3 is 6.09 Å². The molecule has 0 spiro atoms. The zero-order valence-corrected chi connectivity index (χ0v) is 6.00. The first-order valence-corrected chi connectivity index (χ1v) is 2.76. The number of hydrogen-bond acceptors (Lipinski definition) is 2. The van der Waals surface area contributed by atoms with Gasteiger partial charge in [0.1, 0.15) is 6.34 Å². The Morgan fingerprint density at radius 1 is 1.64 bits per heavy atom. The van der Waals surface area contributed by atoms with Crippen molar-refractivity contribution >= 4 is 18.3 Å². The molecule has 0 saturated heterocycles. The molecular weight excluding hydrogens is 148 g/mol. The van der Waals surface area contributed by atoms with E-state index in [0.29, 0.717) is 5.57 Å². The molecule has 0 atom stereocenters. The number of nitrogens with zero attached hydrogens (tertiary/aromatic N) is 1. The summed E-state index contributed by atoms with van der Waals surface area (Å²) >= 11 is 0. The highest BCUT2D eigenvalue weighted by Crippen LogP contribution is 1.82. The zero-order valence-electron chi connectivity index (χ0n) is 6.00. The summed E-state index contributed by atoms with van der Waals surface area (Å²) in [4.78, 5) is 23.3. The predicted octanol–water partition coefficient (Wildman–Crippen LogP) is 0.385. The smallest absolute Gasteiger partial charge is 0.432 e. The molecule has 60 valence electrons. The third-order valence-electron chi connectivity index (χ3n) is 0.758. The van der Waals surface area contributed by atoms with E-state index in [4.69, 9.17) is 5.11 Å². The molecule has 0 radical (unpaired) electrons. The maximum atomic E-state index is 10.6. The van der Waals surface area contributed by atoms with Crippen molar-refractivity contribution in [3.05, 3.63) is 12.2 Å². The van der Waals surface area contributed by atoms with Crippen molar-refractivity contribution < 1.29 is 14.7 Å². The van der Waals surface area contributed by atoms with Gasteiger partial charge < -0.3 is 10.4 Å². The van der Waals surface area contributed by atoms with Gasteiger partial charge in [-0.2, -0.15) is 4.99 Å². The first kappa shape index (κ1) is 9.35. The van der Waals surface area contributed by atoms with Gasteiger partial charge in [-0.05, 0) is 6.92 Å². The van der Waals surface area contributed by atoms with Gasteiger partial charge in [0.25, 0.3) is 5.91 Å². The van der Waals surface area contributed by atoms with Crippen LogP contribution < -0.4 is 5.32 Å². The summed E-state index contributed by atoms with van der Waals surface area (Å²) in [5, 5.41) is 10.1. The van der Waals surface area contributed by atoms with Gasteiger partial charge in [-0.3, -0.25) is 4.79 Å². The van der Waals surface area contributed by atoms with Crippen molar-refractivity contribution in [2.24, 2.45) is 4.99 Å². The zero-order chi connectivity index (χ0) is 8.85. The summed E-state index contributed by atoms with van der Waals surface area (Å²) in [6.45, 7) is 4.84. The van der Waals surface area contributed by atoms with E-state index in [2.05, 4.69) is 16.9 Å². The lowest BCUT2D eigenvalue weighted by molar-refractivity contribution is -0.116. The van der Waals surface area contributed by atoms with Gasteiger partial charge in [0.05, 0.1) is 0 Å². The highest BCUT2D eigenvalue weighted by molar-refractivity contribution is 6.00. The monoisotopic (exact) mass is 156 g/mol. The van der Waals surface area contributed by atoms with Crippen LogP contribution in [0.5, 0.6) is 0 Å². The van der Waals surface area contributed by atoms with Crippen molar-refractivity contribution in [3.8, 4) is 0 Å². The molecule has 0 aromatic rings. The Bertz CT molecular complexity index is 220. The second-order valence-electron chi connectivity index (χ2n) is 1.79. The van der Waals surface area contributed by atoms with Crippen molar-refractivity contribution in [2.75, 3.05) is 0 Å². The average molecular weight is 156 g/mol. The van der Waals surface area contributed by atoms with Gasteiger partial charge in [0, 0.05) is 5.57 Å². The summed E-state index contributed by atoms with van der Waals surface area (Å²) in [5.41, 5.74) is 0.293. The average Bonchev–Trinajstić information content (AvgIpc) is 1.86. The Morgan fingerprint density at radius 3 is 2.55 bits per heavy atom. The molecule has 2 N–H and O–H groups in total. The fourth-order valence-corrected chi connectivity index (χ4v) is 0.269. The lowest BCUT2D eigenvalue weighted by Crippen LogP contribution is -2.22. The number of nitrogens with one attached hydrogen (secondary N) is 1. The molecule has 2 amide bonds. The summed E-state index contributed by atoms with van der Waals surface area (Å²) in [6, 6.07) is 0. The number of carboxylic acid groups (broad SMARTS) is 1. The molecule has 0 aliphatic carbocycles. The highest BCUT2D eigenvalue weighted by Gasteiger charge is 1.96. The first-order chi connectivity index (χ1) is 5.04. The maximum absolute atomic E-state index is 10.6. The molecule has 0 bridgehead atoms. The lowest BCUT2D eigenvalue weighted by atomic mass is 10.3. The van der Waals surface area contributed by atoms with E-state index in [1.54, 1.807) is 0 Å². The number of carbonyl (C=O) groups is 2. The Morgan fingerprint density at radius 2 is 2.18 bits per heavy atom. The fourth-order valence-electron chi connectivity index (χ4n) is 0.269. The first-order valence-electron chi connectivity index (χ1n) is 2.76. The topological polar surface area (TPSA) is 78.8 Å². The predicted molar refractivity (Wildman–Crippen MR) is 39.5 cm³/mol. The van der Waals surface area contributed by atoms with E-state index in [0.717, 1.165) is 6.34 Å². The Balaban J connectivity index is 3.80. The van der Waals surface area contributed by atoms with E-state index in [9.17, 15) is 9.59 Å². The van der Waals surface area contributed by atoms with Gasteiger partial charge in [-0.1, -0.05) is 6.58 Å². The number of carbonyl (C=O) groups excluding carboxylic acids is 1.